The van der Waals surface area contributed by atoms with Crippen LogP contribution in [0, 0.1) is 58.2 Å². The van der Waals surface area contributed by atoms with Gasteiger partial charge >= 0.3 is 5.97 Å². The number of carbonyl (C=O) groups is 1. The zero-order valence-corrected chi connectivity index (χ0v) is 40.3. The quantitative estimate of drug-likeness (QED) is 0.0996. The summed E-state index contributed by atoms with van der Waals surface area (Å²) >= 11 is 0. The molecule has 7 rings (SSSR count). The number of esters is 1. The maximum Gasteiger partial charge on any atom is 0.337 e. The first kappa shape index (κ1) is 53.6. The Kier molecular flexibility index (Phi) is 16.9. The Morgan fingerprint density at radius 3 is 1.94 bits per heavy atom. The van der Waals surface area contributed by atoms with Gasteiger partial charge in [-0.2, -0.15) is 0 Å². The molecule has 11 N–H and O–H groups in total. The summed E-state index contributed by atoms with van der Waals surface area (Å²) in [5.41, 5.74) is -0.595. The lowest BCUT2D eigenvalue weighted by Crippen LogP contribution is -2.67. The molecule has 3 heterocycles. The maximum absolute atomic E-state index is 13.7. The van der Waals surface area contributed by atoms with Gasteiger partial charge in [-0.15, -0.1) is 0 Å². The summed E-state index contributed by atoms with van der Waals surface area (Å²) in [6.07, 6.45) is -22.6. The van der Waals surface area contributed by atoms with Crippen LogP contribution < -0.4 is 0 Å². The summed E-state index contributed by atoms with van der Waals surface area (Å²) < 4.78 is 42.2. The average Bonchev–Trinajstić information content (AvgIpc) is 3.51. The van der Waals surface area contributed by atoms with Crippen molar-refractivity contribution in [2.75, 3.05) is 13.7 Å². The van der Waals surface area contributed by atoms with Crippen LogP contribution in [0.25, 0.3) is 0 Å². The third-order valence-corrected chi connectivity index (χ3v) is 18.3. The number of aliphatic hydroxyl groups is 11. The summed E-state index contributed by atoms with van der Waals surface area (Å²) in [6, 6.07) is 0. The van der Waals surface area contributed by atoms with Crippen molar-refractivity contribution in [2.24, 2.45) is 58.2 Å². The van der Waals surface area contributed by atoms with Crippen molar-refractivity contribution < 1.29 is 94.1 Å². The Morgan fingerprint density at radius 2 is 1.31 bits per heavy atom. The fraction of sp³-hybridized carbons (Fsp3) is 0.979. The fourth-order valence-corrected chi connectivity index (χ4v) is 14.7. The Balaban J connectivity index is 1.28. The van der Waals surface area contributed by atoms with Crippen LogP contribution in [0.5, 0.6) is 0 Å². The van der Waals surface area contributed by atoms with Crippen molar-refractivity contribution in [1.29, 1.82) is 0 Å². The Morgan fingerprint density at radius 1 is 0.701 bits per heavy atom. The van der Waals surface area contributed by atoms with Crippen molar-refractivity contribution in [2.45, 2.75) is 223 Å². The van der Waals surface area contributed by atoms with E-state index < -0.39 is 134 Å². The smallest absolute Gasteiger partial charge is 0.337 e. The molecule has 67 heavy (non-hydrogen) atoms. The highest BCUT2D eigenvalue weighted by Gasteiger charge is 2.68. The van der Waals surface area contributed by atoms with Gasteiger partial charge in [-0.3, -0.25) is 0 Å². The monoisotopic (exact) mass is 963 g/mol. The van der Waals surface area contributed by atoms with Crippen LogP contribution >= 0.6 is 0 Å². The molecule has 0 radical (unpaired) electrons. The summed E-state index contributed by atoms with van der Waals surface area (Å²) in [5, 5.41) is 123. The minimum absolute atomic E-state index is 0.00530. The van der Waals surface area contributed by atoms with Gasteiger partial charge in [0, 0.05) is 0 Å². The predicted molar refractivity (Wildman–Crippen MR) is 234 cm³/mol. The lowest BCUT2D eigenvalue weighted by atomic mass is 9.44. The van der Waals surface area contributed by atoms with E-state index in [0.717, 1.165) is 58.5 Å². The van der Waals surface area contributed by atoms with Crippen LogP contribution in [-0.2, 0) is 38.0 Å². The molecule has 28 atom stereocenters. The lowest BCUT2D eigenvalue weighted by molar-refractivity contribution is -0.388. The minimum atomic E-state index is -2.02. The normalized spacial score (nSPS) is 51.6. The second kappa shape index (κ2) is 21.1. The molecule has 388 valence electrons. The van der Waals surface area contributed by atoms with E-state index in [1.165, 1.54) is 6.92 Å². The molecule has 19 heteroatoms. The van der Waals surface area contributed by atoms with Crippen molar-refractivity contribution in [3.63, 3.8) is 0 Å². The number of hydrogen-bond acceptors (Lipinski definition) is 19. The second-order valence-electron chi connectivity index (χ2n) is 22.3. The highest BCUT2D eigenvalue weighted by molar-refractivity contribution is 5.75. The van der Waals surface area contributed by atoms with E-state index in [-0.39, 0.29) is 47.0 Å². The van der Waals surface area contributed by atoms with Gasteiger partial charge in [0.1, 0.15) is 61.0 Å². The van der Waals surface area contributed by atoms with E-state index in [1.807, 2.05) is 13.8 Å². The van der Waals surface area contributed by atoms with Gasteiger partial charge in [0.15, 0.2) is 25.0 Å². The highest BCUT2D eigenvalue weighted by Crippen LogP contribution is 2.69. The first-order valence-electron chi connectivity index (χ1n) is 25.0. The van der Waals surface area contributed by atoms with E-state index in [9.17, 15) is 61.0 Å². The molecule has 0 spiro atoms. The van der Waals surface area contributed by atoms with E-state index >= 15 is 0 Å². The topological polar surface area (TPSA) is 304 Å². The third kappa shape index (κ3) is 9.76. The molecule has 19 nitrogen and oxygen atoms in total. The molecule has 0 aromatic carbocycles. The van der Waals surface area contributed by atoms with Crippen LogP contribution in [0.2, 0.25) is 0 Å². The molecular formula is C48H82O19. The SMILES string of the molecule is CC[C@@H](C(C)C)[C@@H](O)C[C@@H](C)[C@H]1[C@@H](O[C@@H]2O[C@H](C(=O)OC)[C@@H](O[C@@H]3O[C@@H](C)[C@H](O)[C@@H](O)[C@H]3O)[C@H](O)[C@H]2O[C@@H]2O[C@H](CO)[C@@H](O)[C@H](O)[C@H]2O)[C@@H](O)[C@H]2[C@@H]3CC[C@H]4C[C@@H](O)CC[C@]4(C)[C@H]3CC[C@]12C. The second-order valence-corrected chi connectivity index (χ2v) is 22.3. The molecule has 4 aliphatic carbocycles. The first-order chi connectivity index (χ1) is 31.5. The maximum atomic E-state index is 13.7. The number of fused-ring (bicyclic) bond motifs is 5. The van der Waals surface area contributed by atoms with E-state index in [0.29, 0.717) is 12.3 Å². The van der Waals surface area contributed by atoms with E-state index in [2.05, 4.69) is 27.7 Å². The Bertz CT molecular complexity index is 1640. The zero-order chi connectivity index (χ0) is 49.2. The van der Waals surface area contributed by atoms with Gasteiger partial charge in [0.25, 0.3) is 0 Å². The number of hydrogen-bond donors (Lipinski definition) is 11. The number of methoxy groups -OCH3 is 1. The molecule has 7 aliphatic rings. The fourth-order valence-electron chi connectivity index (χ4n) is 14.7. The third-order valence-electron chi connectivity index (χ3n) is 18.3. The summed E-state index contributed by atoms with van der Waals surface area (Å²) in [6.45, 7) is 13.4. The molecule has 0 unspecified atom stereocenters. The van der Waals surface area contributed by atoms with Crippen LogP contribution in [0.1, 0.15) is 106 Å². The summed E-state index contributed by atoms with van der Waals surface area (Å²) in [5.74, 6) is -1.19. The molecule has 0 aromatic rings. The largest absolute Gasteiger partial charge is 0.467 e. The van der Waals surface area contributed by atoms with Crippen LogP contribution in [0.3, 0.4) is 0 Å². The van der Waals surface area contributed by atoms with Gasteiger partial charge in [-0.25, -0.2) is 4.79 Å². The van der Waals surface area contributed by atoms with Crippen molar-refractivity contribution >= 4 is 5.97 Å². The number of ether oxygens (including phenoxy) is 7. The van der Waals surface area contributed by atoms with Crippen molar-refractivity contribution in [3.8, 4) is 0 Å². The van der Waals surface area contributed by atoms with Gasteiger partial charge in [-0.1, -0.05) is 48.0 Å². The van der Waals surface area contributed by atoms with Gasteiger partial charge in [0.05, 0.1) is 44.2 Å². The van der Waals surface area contributed by atoms with E-state index in [4.69, 9.17) is 33.2 Å². The Labute approximate surface area is 394 Å². The molecule has 3 saturated heterocycles. The van der Waals surface area contributed by atoms with Crippen LogP contribution in [0.4, 0.5) is 0 Å². The minimum Gasteiger partial charge on any atom is -0.467 e. The molecule has 7 fully saturated rings. The zero-order valence-electron chi connectivity index (χ0n) is 40.3. The number of aliphatic hydroxyl groups excluding tert-OH is 11. The molecule has 0 aromatic heterocycles. The van der Waals surface area contributed by atoms with Crippen molar-refractivity contribution in [1.82, 2.24) is 0 Å². The summed E-state index contributed by atoms with van der Waals surface area (Å²) in [7, 11) is 1.07. The van der Waals surface area contributed by atoms with Gasteiger partial charge in [0.2, 0.25) is 0 Å². The van der Waals surface area contributed by atoms with Gasteiger partial charge in [-0.05, 0) is 116 Å². The highest BCUT2D eigenvalue weighted by atomic mass is 16.8. The molecular weight excluding hydrogens is 881 g/mol. The molecule has 0 bridgehead atoms. The molecule has 3 aliphatic heterocycles. The van der Waals surface area contributed by atoms with E-state index in [1.54, 1.807) is 0 Å². The standard InChI is InChI=1S/C48H82O19/c1-9-24(19(2)3)27(51)16-20(4)29-39(33(54)30-25-11-10-22-17-23(50)12-14-47(22,6)26(25)13-15-48(29,30)7)64-46-41(66-45-37(58)35(56)32(53)28(18-49)63-45)38(59)40(42(67-46)43(60)61-8)65-44-36(57)34(55)31(52)21(5)62-44/h19-42,44-46,49-59H,9-18H2,1-8H3/t20-,21+,22+,23+,24+,25-,26+,27+,28-,29+,30-,31+,32-,33+,34-,35+,36-,37-,38+,39-,40+,41-,42+,44+,45+,46-,47+,48-/m1/s1. The van der Waals surface area contributed by atoms with Crippen LogP contribution in [0.15, 0.2) is 0 Å². The average molecular weight is 963 g/mol. The lowest BCUT2D eigenvalue weighted by Gasteiger charge is -2.61. The molecule has 4 saturated carbocycles. The Hall–Kier alpha value is -1.21. The molecule has 0 amide bonds. The van der Waals surface area contributed by atoms with Crippen molar-refractivity contribution in [3.05, 3.63) is 0 Å². The predicted octanol–water partition coefficient (Wildman–Crippen LogP) is -0.302. The van der Waals surface area contributed by atoms with Crippen LogP contribution in [-0.4, -0.2) is 192 Å². The number of rotatable bonds is 14. The summed E-state index contributed by atoms with van der Waals surface area (Å²) in [4.78, 5) is 13.7. The first-order valence-corrected chi connectivity index (χ1v) is 25.0. The van der Waals surface area contributed by atoms with Gasteiger partial charge < -0.3 is 89.3 Å². The number of carbonyl (C=O) groups excluding carboxylic acids is 1.